The molecule has 2 heterocycles. The molecule has 0 unspecified atom stereocenters. The van der Waals surface area contributed by atoms with Crippen molar-refractivity contribution in [3.8, 4) is 0 Å². The number of hydrogen-bond donors (Lipinski definition) is 1. The van der Waals surface area contributed by atoms with E-state index in [1.807, 2.05) is 30.2 Å². The largest absolute Gasteiger partial charge is 0.348 e. The molecular weight excluding hydrogens is 381 g/mol. The molecule has 3 aromatic rings. The van der Waals surface area contributed by atoms with E-state index in [1.165, 1.54) is 29.8 Å². The number of amides is 2. The maximum absolute atomic E-state index is 13.1. The summed E-state index contributed by atoms with van der Waals surface area (Å²) in [5.41, 5.74) is 3.82. The predicted molar refractivity (Wildman–Crippen MR) is 113 cm³/mol. The normalized spacial score (nSPS) is 15.5. The van der Waals surface area contributed by atoms with Gasteiger partial charge in [-0.2, -0.15) is 0 Å². The summed E-state index contributed by atoms with van der Waals surface area (Å²) in [6, 6.07) is 17.7. The van der Waals surface area contributed by atoms with Crippen molar-refractivity contribution in [1.82, 2.24) is 9.47 Å². The highest BCUT2D eigenvalue weighted by Gasteiger charge is 2.32. The number of benzene rings is 2. The molecule has 154 valence electrons. The Morgan fingerprint density at radius 1 is 1.00 bits per heavy atom. The zero-order valence-corrected chi connectivity index (χ0v) is 16.8. The summed E-state index contributed by atoms with van der Waals surface area (Å²) in [4.78, 5) is 27.2. The number of fused-ring (bicyclic) bond motifs is 1. The highest BCUT2D eigenvalue weighted by atomic mass is 19.1. The molecular formula is C24H24FN3O2. The fraction of sp³-hybridized carbons (Fsp3) is 0.250. The van der Waals surface area contributed by atoms with Crippen LogP contribution in [0.1, 0.15) is 35.7 Å². The molecule has 1 N–H and O–H groups in total. The number of halogens is 1. The Morgan fingerprint density at radius 3 is 2.47 bits per heavy atom. The van der Waals surface area contributed by atoms with Crippen LogP contribution in [0.25, 0.3) is 0 Å². The van der Waals surface area contributed by atoms with Crippen LogP contribution < -0.4 is 5.32 Å². The minimum Gasteiger partial charge on any atom is -0.348 e. The summed E-state index contributed by atoms with van der Waals surface area (Å²) in [5, 5.41) is 2.71. The third-order valence-electron chi connectivity index (χ3n) is 5.45. The van der Waals surface area contributed by atoms with Gasteiger partial charge in [-0.1, -0.05) is 29.8 Å². The number of aromatic nitrogens is 1. The molecule has 1 atom stereocenters. The molecule has 0 radical (unpaired) electrons. The average Bonchev–Trinajstić information content (AvgIpc) is 3.22. The van der Waals surface area contributed by atoms with Gasteiger partial charge in [-0.3, -0.25) is 9.59 Å². The van der Waals surface area contributed by atoms with Crippen LogP contribution in [0, 0.1) is 12.7 Å². The molecule has 2 aromatic carbocycles. The van der Waals surface area contributed by atoms with Crippen molar-refractivity contribution in [3.63, 3.8) is 0 Å². The molecule has 0 fully saturated rings. The van der Waals surface area contributed by atoms with Gasteiger partial charge >= 0.3 is 0 Å². The zero-order valence-electron chi connectivity index (χ0n) is 16.8. The first-order valence-electron chi connectivity index (χ1n) is 10.1. The van der Waals surface area contributed by atoms with E-state index in [0.29, 0.717) is 12.2 Å². The SMILES string of the molecule is Cc1ccc([C@@H]2c3cccn3CCN2C(=O)CCC(=O)Nc2ccc(F)cc2)cc1. The Balaban J connectivity index is 1.46. The Labute approximate surface area is 175 Å². The Morgan fingerprint density at radius 2 is 1.73 bits per heavy atom. The van der Waals surface area contributed by atoms with Gasteiger partial charge in [0.1, 0.15) is 5.82 Å². The zero-order chi connectivity index (χ0) is 21.1. The van der Waals surface area contributed by atoms with Crippen LogP contribution in [0.15, 0.2) is 66.9 Å². The maximum Gasteiger partial charge on any atom is 0.224 e. The standard InChI is InChI=1S/C24H24FN3O2/c1-17-4-6-18(7-5-17)24-21-3-2-14-27(21)15-16-28(24)23(30)13-12-22(29)26-20-10-8-19(25)9-11-20/h2-11,14,24H,12-13,15-16H2,1H3,(H,26,29)/t24-/m1/s1. The highest BCUT2D eigenvalue weighted by Crippen LogP contribution is 2.33. The molecule has 0 saturated heterocycles. The molecule has 0 saturated carbocycles. The van der Waals surface area contributed by atoms with Gasteiger partial charge in [0, 0.05) is 43.5 Å². The van der Waals surface area contributed by atoms with E-state index >= 15 is 0 Å². The summed E-state index contributed by atoms with van der Waals surface area (Å²) in [7, 11) is 0. The van der Waals surface area contributed by atoms with Crippen molar-refractivity contribution in [1.29, 1.82) is 0 Å². The quantitative estimate of drug-likeness (QED) is 0.689. The molecule has 0 aliphatic carbocycles. The Hall–Kier alpha value is -3.41. The number of nitrogens with zero attached hydrogens (tertiary/aromatic N) is 2. The average molecular weight is 405 g/mol. The van der Waals surface area contributed by atoms with Crippen molar-refractivity contribution in [2.45, 2.75) is 32.4 Å². The van der Waals surface area contributed by atoms with E-state index < -0.39 is 0 Å². The minimum atomic E-state index is -0.361. The van der Waals surface area contributed by atoms with Gasteiger partial charge in [-0.15, -0.1) is 0 Å². The van der Waals surface area contributed by atoms with Gasteiger partial charge in [0.05, 0.1) is 6.04 Å². The molecule has 1 aromatic heterocycles. The lowest BCUT2D eigenvalue weighted by atomic mass is 9.98. The second-order valence-electron chi connectivity index (χ2n) is 7.58. The minimum absolute atomic E-state index is 0.0534. The van der Waals surface area contributed by atoms with Crippen LogP contribution in [0.5, 0.6) is 0 Å². The Bertz CT molecular complexity index is 1040. The van der Waals surface area contributed by atoms with Gasteiger partial charge in [0.25, 0.3) is 0 Å². The van der Waals surface area contributed by atoms with Gasteiger partial charge < -0.3 is 14.8 Å². The Kier molecular flexibility index (Phi) is 5.65. The number of hydrogen-bond acceptors (Lipinski definition) is 2. The highest BCUT2D eigenvalue weighted by molar-refractivity contribution is 5.93. The number of anilines is 1. The first-order chi connectivity index (χ1) is 14.5. The topological polar surface area (TPSA) is 54.3 Å². The van der Waals surface area contributed by atoms with Gasteiger partial charge in [-0.05, 0) is 48.9 Å². The third kappa shape index (κ3) is 4.27. The van der Waals surface area contributed by atoms with Crippen molar-refractivity contribution in [2.24, 2.45) is 0 Å². The first-order valence-corrected chi connectivity index (χ1v) is 10.1. The molecule has 1 aliphatic rings. The van der Waals surface area contributed by atoms with Crippen molar-refractivity contribution < 1.29 is 14.0 Å². The van der Waals surface area contributed by atoms with E-state index in [0.717, 1.165) is 17.8 Å². The molecule has 0 bridgehead atoms. The monoisotopic (exact) mass is 405 g/mol. The number of nitrogens with one attached hydrogen (secondary N) is 1. The lowest BCUT2D eigenvalue weighted by Gasteiger charge is -2.37. The van der Waals surface area contributed by atoms with E-state index in [4.69, 9.17) is 0 Å². The van der Waals surface area contributed by atoms with E-state index in [-0.39, 0.29) is 36.5 Å². The van der Waals surface area contributed by atoms with Crippen LogP contribution in [0.4, 0.5) is 10.1 Å². The van der Waals surface area contributed by atoms with Crippen molar-refractivity contribution in [2.75, 3.05) is 11.9 Å². The molecule has 0 spiro atoms. The second kappa shape index (κ2) is 8.53. The van der Waals surface area contributed by atoms with Gasteiger partial charge in [-0.25, -0.2) is 4.39 Å². The smallest absolute Gasteiger partial charge is 0.224 e. The summed E-state index contributed by atoms with van der Waals surface area (Å²) in [5.74, 6) is -0.676. The first kappa shape index (κ1) is 19.9. The molecule has 1 aliphatic heterocycles. The van der Waals surface area contributed by atoms with Crippen LogP contribution in [0.2, 0.25) is 0 Å². The van der Waals surface area contributed by atoms with Crippen molar-refractivity contribution in [3.05, 3.63) is 89.5 Å². The maximum atomic E-state index is 13.1. The number of carbonyl (C=O) groups excluding carboxylic acids is 2. The summed E-state index contributed by atoms with van der Waals surface area (Å²) in [6.07, 6.45) is 2.24. The lowest BCUT2D eigenvalue weighted by molar-refractivity contribution is -0.135. The summed E-state index contributed by atoms with van der Waals surface area (Å²) < 4.78 is 15.2. The van der Waals surface area contributed by atoms with Crippen LogP contribution in [-0.4, -0.2) is 27.8 Å². The van der Waals surface area contributed by atoms with E-state index in [9.17, 15) is 14.0 Å². The number of aryl methyl sites for hydroxylation is 1. The lowest BCUT2D eigenvalue weighted by Crippen LogP contribution is -2.42. The fourth-order valence-electron chi connectivity index (χ4n) is 3.87. The fourth-order valence-corrected chi connectivity index (χ4v) is 3.87. The van der Waals surface area contributed by atoms with Crippen LogP contribution in [0.3, 0.4) is 0 Å². The van der Waals surface area contributed by atoms with Crippen LogP contribution >= 0.6 is 0 Å². The molecule has 6 heteroatoms. The third-order valence-corrected chi connectivity index (χ3v) is 5.45. The number of rotatable bonds is 5. The van der Waals surface area contributed by atoms with E-state index in [2.05, 4.69) is 34.1 Å². The second-order valence-corrected chi connectivity index (χ2v) is 7.58. The molecule has 5 nitrogen and oxygen atoms in total. The van der Waals surface area contributed by atoms with Crippen LogP contribution in [-0.2, 0) is 16.1 Å². The van der Waals surface area contributed by atoms with Crippen molar-refractivity contribution >= 4 is 17.5 Å². The molecule has 2 amide bonds. The number of carbonyl (C=O) groups is 2. The van der Waals surface area contributed by atoms with E-state index in [1.54, 1.807) is 0 Å². The predicted octanol–water partition coefficient (Wildman–Crippen LogP) is 4.29. The van der Waals surface area contributed by atoms with Gasteiger partial charge in [0.15, 0.2) is 0 Å². The molecule has 30 heavy (non-hydrogen) atoms. The summed E-state index contributed by atoms with van der Waals surface area (Å²) in [6.45, 7) is 3.37. The molecule has 4 rings (SSSR count). The summed E-state index contributed by atoms with van der Waals surface area (Å²) >= 11 is 0. The van der Waals surface area contributed by atoms with Gasteiger partial charge in [0.2, 0.25) is 11.8 Å².